The Morgan fingerprint density at radius 1 is 0.769 bits per heavy atom. The molecule has 1 aromatic heterocycles. The van der Waals surface area contributed by atoms with E-state index in [0.29, 0.717) is 23.6 Å². The van der Waals surface area contributed by atoms with Crippen LogP contribution in [0.3, 0.4) is 0 Å². The molecule has 0 amide bonds. The van der Waals surface area contributed by atoms with Crippen LogP contribution in [-0.2, 0) is 0 Å². The number of carbonyl (C=O) groups excluding carboxylic acids is 1. The molecule has 5 heteroatoms. The van der Waals surface area contributed by atoms with Crippen molar-refractivity contribution >= 4 is 17.7 Å². The van der Waals surface area contributed by atoms with Gasteiger partial charge in [0.25, 0.3) is 0 Å². The first-order valence-corrected chi connectivity index (χ1v) is 8.67. The molecular weight excluding hydrogens is 328 g/mol. The third-order valence-electron chi connectivity index (χ3n) is 4.75. The lowest BCUT2D eigenvalue weighted by Crippen LogP contribution is -2.46. The molecule has 0 saturated carbocycles. The van der Waals surface area contributed by atoms with Gasteiger partial charge in [-0.3, -0.25) is 4.79 Å². The highest BCUT2D eigenvalue weighted by atomic mass is 16.3. The smallest absolute Gasteiger partial charge is 0.185 e. The van der Waals surface area contributed by atoms with Crippen LogP contribution in [-0.4, -0.2) is 37.6 Å². The number of aldehydes is 1. The van der Waals surface area contributed by atoms with Gasteiger partial charge >= 0.3 is 0 Å². The predicted molar refractivity (Wildman–Crippen MR) is 102 cm³/mol. The molecule has 1 N–H and O–H groups in total. The Hall–Kier alpha value is -3.21. The molecule has 0 unspecified atom stereocenters. The van der Waals surface area contributed by atoms with Gasteiger partial charge in [0.2, 0.25) is 0 Å². The van der Waals surface area contributed by atoms with Crippen LogP contribution in [0.5, 0.6) is 5.75 Å². The summed E-state index contributed by atoms with van der Waals surface area (Å²) in [4.78, 5) is 15.4. The molecule has 132 valence electrons. The summed E-state index contributed by atoms with van der Waals surface area (Å²) in [5, 5.41) is 9.42. The van der Waals surface area contributed by atoms with E-state index in [0.717, 1.165) is 37.4 Å². The molecule has 2 heterocycles. The second-order valence-electron chi connectivity index (χ2n) is 6.36. The van der Waals surface area contributed by atoms with Crippen LogP contribution in [0.1, 0.15) is 10.6 Å². The van der Waals surface area contributed by atoms with Crippen LogP contribution in [0, 0.1) is 0 Å². The van der Waals surface area contributed by atoms with Gasteiger partial charge in [0.05, 0.1) is 0 Å². The number of piperazine rings is 1. The number of anilines is 2. The highest BCUT2D eigenvalue weighted by Gasteiger charge is 2.17. The van der Waals surface area contributed by atoms with Crippen molar-refractivity contribution in [3.63, 3.8) is 0 Å². The summed E-state index contributed by atoms with van der Waals surface area (Å²) >= 11 is 0. The highest BCUT2D eigenvalue weighted by Crippen LogP contribution is 2.26. The van der Waals surface area contributed by atoms with Crippen LogP contribution >= 0.6 is 0 Å². The van der Waals surface area contributed by atoms with Gasteiger partial charge in [0.1, 0.15) is 11.5 Å². The number of nitrogens with zero attached hydrogens (tertiary/aromatic N) is 2. The quantitative estimate of drug-likeness (QED) is 0.727. The molecule has 1 saturated heterocycles. The zero-order valence-corrected chi connectivity index (χ0v) is 14.3. The lowest BCUT2D eigenvalue weighted by Gasteiger charge is -2.37. The zero-order chi connectivity index (χ0) is 17.9. The first-order chi connectivity index (χ1) is 12.7. The summed E-state index contributed by atoms with van der Waals surface area (Å²) in [7, 11) is 0. The molecule has 26 heavy (non-hydrogen) atoms. The molecule has 0 atom stereocenters. The van der Waals surface area contributed by atoms with Gasteiger partial charge < -0.3 is 19.3 Å². The van der Waals surface area contributed by atoms with E-state index in [2.05, 4.69) is 21.9 Å². The van der Waals surface area contributed by atoms with Crippen molar-refractivity contribution in [3.05, 3.63) is 66.4 Å². The number of phenols is 1. The summed E-state index contributed by atoms with van der Waals surface area (Å²) in [5.41, 5.74) is 3.28. The molecule has 1 fully saturated rings. The number of furan rings is 1. The van der Waals surface area contributed by atoms with E-state index < -0.39 is 0 Å². The summed E-state index contributed by atoms with van der Waals surface area (Å²) < 4.78 is 5.47. The third-order valence-corrected chi connectivity index (χ3v) is 4.75. The van der Waals surface area contributed by atoms with E-state index in [1.54, 1.807) is 18.2 Å². The third kappa shape index (κ3) is 3.28. The second kappa shape index (κ2) is 6.96. The Balaban J connectivity index is 1.41. The normalized spacial score (nSPS) is 14.5. The van der Waals surface area contributed by atoms with Crippen molar-refractivity contribution in [2.24, 2.45) is 0 Å². The molecule has 0 spiro atoms. The lowest BCUT2D eigenvalue weighted by molar-refractivity contribution is 0.110. The first kappa shape index (κ1) is 16.3. The van der Waals surface area contributed by atoms with Gasteiger partial charge in [-0.15, -0.1) is 0 Å². The van der Waals surface area contributed by atoms with Crippen molar-refractivity contribution < 1.29 is 14.3 Å². The Labute approximate surface area is 152 Å². The molecule has 4 rings (SSSR count). The minimum Gasteiger partial charge on any atom is -0.508 e. The number of carbonyl (C=O) groups is 1. The fourth-order valence-corrected chi connectivity index (χ4v) is 3.29. The molecule has 1 aliphatic heterocycles. The van der Waals surface area contributed by atoms with E-state index in [4.69, 9.17) is 4.42 Å². The summed E-state index contributed by atoms with van der Waals surface area (Å²) in [6.07, 6.45) is 0.714. The van der Waals surface area contributed by atoms with Crippen molar-refractivity contribution in [1.82, 2.24) is 0 Å². The van der Waals surface area contributed by atoms with Gasteiger partial charge in [-0.05, 0) is 60.7 Å². The Kier molecular flexibility index (Phi) is 4.35. The van der Waals surface area contributed by atoms with E-state index >= 15 is 0 Å². The number of hydrogen-bond donors (Lipinski definition) is 1. The number of hydrogen-bond acceptors (Lipinski definition) is 5. The second-order valence-corrected chi connectivity index (χ2v) is 6.36. The maximum absolute atomic E-state index is 10.7. The van der Waals surface area contributed by atoms with Crippen molar-refractivity contribution in [2.75, 3.05) is 36.0 Å². The van der Waals surface area contributed by atoms with Crippen LogP contribution in [0.25, 0.3) is 11.3 Å². The van der Waals surface area contributed by atoms with E-state index in [1.165, 1.54) is 5.69 Å². The van der Waals surface area contributed by atoms with Crippen LogP contribution in [0.2, 0.25) is 0 Å². The van der Waals surface area contributed by atoms with Crippen LogP contribution in [0.15, 0.2) is 65.1 Å². The lowest BCUT2D eigenvalue weighted by atomic mass is 10.1. The molecule has 0 aliphatic carbocycles. The van der Waals surface area contributed by atoms with E-state index in [-0.39, 0.29) is 0 Å². The monoisotopic (exact) mass is 348 g/mol. The zero-order valence-electron chi connectivity index (χ0n) is 14.3. The minimum atomic E-state index is 0.296. The highest BCUT2D eigenvalue weighted by molar-refractivity contribution is 5.73. The summed E-state index contributed by atoms with van der Waals surface area (Å²) in [6.45, 7) is 3.76. The standard InChI is InChI=1S/C21H20N2O3/c24-15-20-9-10-21(26-20)16-1-3-17(4-2-16)22-11-13-23(14-12-22)18-5-7-19(25)8-6-18/h1-10,15,25H,11-14H2. The van der Waals surface area contributed by atoms with Crippen LogP contribution in [0.4, 0.5) is 11.4 Å². The molecule has 0 radical (unpaired) electrons. The number of rotatable bonds is 4. The molecule has 1 aliphatic rings. The van der Waals surface area contributed by atoms with Gasteiger partial charge in [0.15, 0.2) is 12.0 Å². The van der Waals surface area contributed by atoms with Gasteiger partial charge in [-0.2, -0.15) is 0 Å². The Morgan fingerprint density at radius 2 is 1.31 bits per heavy atom. The Morgan fingerprint density at radius 3 is 1.81 bits per heavy atom. The van der Waals surface area contributed by atoms with Gasteiger partial charge in [-0.25, -0.2) is 0 Å². The molecule has 5 nitrogen and oxygen atoms in total. The van der Waals surface area contributed by atoms with E-state index in [9.17, 15) is 9.90 Å². The predicted octanol–water partition coefficient (Wildman–Crippen LogP) is 3.79. The van der Waals surface area contributed by atoms with Gasteiger partial charge in [-0.1, -0.05) is 0 Å². The number of phenolic OH excluding ortho intramolecular Hbond substituents is 1. The van der Waals surface area contributed by atoms with Gasteiger partial charge in [0, 0.05) is 43.1 Å². The van der Waals surface area contributed by atoms with Crippen LogP contribution < -0.4 is 9.80 Å². The fourth-order valence-electron chi connectivity index (χ4n) is 3.29. The van der Waals surface area contributed by atoms with Crippen molar-refractivity contribution in [1.29, 1.82) is 0 Å². The Bertz CT molecular complexity index is 876. The molecule has 2 aromatic carbocycles. The molecular formula is C21H20N2O3. The average Bonchev–Trinajstić information content (AvgIpc) is 3.18. The van der Waals surface area contributed by atoms with Crippen molar-refractivity contribution in [3.8, 4) is 17.1 Å². The largest absolute Gasteiger partial charge is 0.508 e. The average molecular weight is 348 g/mol. The SMILES string of the molecule is O=Cc1ccc(-c2ccc(N3CCN(c4ccc(O)cc4)CC3)cc2)o1. The maximum atomic E-state index is 10.7. The number of aromatic hydroxyl groups is 1. The molecule has 3 aromatic rings. The fraction of sp³-hybridized carbons (Fsp3) is 0.190. The summed E-state index contributed by atoms with van der Waals surface area (Å²) in [5.74, 6) is 1.34. The first-order valence-electron chi connectivity index (χ1n) is 8.67. The summed E-state index contributed by atoms with van der Waals surface area (Å²) in [6, 6.07) is 19.1. The van der Waals surface area contributed by atoms with Crippen molar-refractivity contribution in [2.45, 2.75) is 0 Å². The molecule has 0 bridgehead atoms. The number of benzene rings is 2. The van der Waals surface area contributed by atoms with E-state index in [1.807, 2.05) is 30.3 Å². The maximum Gasteiger partial charge on any atom is 0.185 e. The minimum absolute atomic E-state index is 0.296. The topological polar surface area (TPSA) is 56.9 Å².